The highest BCUT2D eigenvalue weighted by Crippen LogP contribution is 2.33. The molecule has 150 valence electrons. The number of carbonyl (C=O) groups excluding carboxylic acids is 2. The van der Waals surface area contributed by atoms with Crippen LogP contribution in [0.5, 0.6) is 0 Å². The van der Waals surface area contributed by atoms with E-state index in [0.29, 0.717) is 17.3 Å². The quantitative estimate of drug-likeness (QED) is 0.630. The standard InChI is InChI=1S/C24H27N3O2/c1-3-26-14-8-10-18(26)15-25-16-21-19-11-5-6-12-20(19)23(28)27(24(21)29)22-13-7-4-9-17(22)2/h4-7,9,11-13,16,18,21H,3,8,10,14-15H2,1-2H3/p+1/t18-,21?/m1/s1. The van der Waals surface area contributed by atoms with Gasteiger partial charge in [-0.25, -0.2) is 4.90 Å². The summed E-state index contributed by atoms with van der Waals surface area (Å²) in [7, 11) is 0. The Balaban J connectivity index is 1.66. The fourth-order valence-electron chi connectivity index (χ4n) is 4.61. The first kappa shape index (κ1) is 19.5. The molecule has 0 aromatic heterocycles. The molecule has 2 aromatic rings. The predicted molar refractivity (Wildman–Crippen MR) is 115 cm³/mol. The highest BCUT2D eigenvalue weighted by Gasteiger charge is 2.39. The number of nitrogens with one attached hydrogen (secondary N) is 1. The van der Waals surface area contributed by atoms with Crippen molar-refractivity contribution in [2.24, 2.45) is 4.99 Å². The molecule has 0 saturated carbocycles. The number of hydrogen-bond acceptors (Lipinski definition) is 3. The molecule has 1 N–H and O–H groups in total. The fourth-order valence-corrected chi connectivity index (χ4v) is 4.61. The largest absolute Gasteiger partial charge is 0.331 e. The second-order valence-corrected chi connectivity index (χ2v) is 7.95. The van der Waals surface area contributed by atoms with E-state index in [1.807, 2.05) is 49.4 Å². The Kier molecular flexibility index (Phi) is 5.58. The topological polar surface area (TPSA) is 54.2 Å². The average molecular weight is 391 g/mol. The Bertz CT molecular complexity index is 953. The molecule has 0 bridgehead atoms. The van der Waals surface area contributed by atoms with Gasteiger partial charge in [-0.15, -0.1) is 0 Å². The summed E-state index contributed by atoms with van der Waals surface area (Å²) < 4.78 is 0. The average Bonchev–Trinajstić information content (AvgIpc) is 3.19. The number of likely N-dealkylation sites (tertiary alicyclic amines) is 1. The van der Waals surface area contributed by atoms with E-state index in [0.717, 1.165) is 24.2 Å². The summed E-state index contributed by atoms with van der Waals surface area (Å²) in [5.74, 6) is -1.02. The number of anilines is 1. The lowest BCUT2D eigenvalue weighted by molar-refractivity contribution is -0.908. The summed E-state index contributed by atoms with van der Waals surface area (Å²) in [4.78, 5) is 34.2. The van der Waals surface area contributed by atoms with Crippen molar-refractivity contribution in [1.82, 2.24) is 0 Å². The number of hydrogen-bond donors (Lipinski definition) is 1. The van der Waals surface area contributed by atoms with Gasteiger partial charge < -0.3 is 4.90 Å². The maximum absolute atomic E-state index is 13.4. The molecule has 4 rings (SSSR count). The molecule has 5 nitrogen and oxygen atoms in total. The predicted octanol–water partition coefficient (Wildman–Crippen LogP) is 2.40. The van der Waals surface area contributed by atoms with E-state index in [1.165, 1.54) is 24.3 Å². The number of benzene rings is 2. The Labute approximate surface area is 172 Å². The third-order valence-corrected chi connectivity index (χ3v) is 6.23. The normalized spacial score (nSPS) is 24.3. The Hall–Kier alpha value is -2.79. The fraction of sp³-hybridized carbons (Fsp3) is 0.375. The minimum atomic E-state index is -0.532. The van der Waals surface area contributed by atoms with Crippen LogP contribution in [0.4, 0.5) is 5.69 Å². The molecule has 2 unspecified atom stereocenters. The second-order valence-electron chi connectivity index (χ2n) is 7.95. The third-order valence-electron chi connectivity index (χ3n) is 6.23. The van der Waals surface area contributed by atoms with Gasteiger partial charge in [-0.2, -0.15) is 0 Å². The van der Waals surface area contributed by atoms with Crippen molar-refractivity contribution in [3.05, 3.63) is 65.2 Å². The number of imide groups is 1. The number of likely N-dealkylation sites (N-methyl/N-ethyl adjacent to an activating group) is 1. The van der Waals surface area contributed by atoms with E-state index < -0.39 is 5.92 Å². The third kappa shape index (κ3) is 3.62. The van der Waals surface area contributed by atoms with Crippen LogP contribution in [0.1, 0.15) is 47.2 Å². The van der Waals surface area contributed by atoms with E-state index >= 15 is 0 Å². The van der Waals surface area contributed by atoms with E-state index in [2.05, 4.69) is 6.92 Å². The molecule has 29 heavy (non-hydrogen) atoms. The van der Waals surface area contributed by atoms with E-state index in [-0.39, 0.29) is 11.8 Å². The van der Waals surface area contributed by atoms with Crippen molar-refractivity contribution in [2.45, 2.75) is 38.6 Å². The number of amides is 2. The van der Waals surface area contributed by atoms with Crippen molar-refractivity contribution in [2.75, 3.05) is 24.5 Å². The van der Waals surface area contributed by atoms with Crippen molar-refractivity contribution in [3.8, 4) is 0 Å². The van der Waals surface area contributed by atoms with Crippen molar-refractivity contribution >= 4 is 23.7 Å². The van der Waals surface area contributed by atoms with Crippen molar-refractivity contribution in [3.63, 3.8) is 0 Å². The molecule has 1 fully saturated rings. The number of nitrogens with zero attached hydrogens (tertiary/aromatic N) is 2. The molecular weight excluding hydrogens is 362 g/mol. The van der Waals surface area contributed by atoms with Crippen LogP contribution in [0.25, 0.3) is 0 Å². The number of aliphatic imine (C=N–C) groups is 1. The maximum atomic E-state index is 13.4. The smallest absolute Gasteiger partial charge is 0.265 e. The summed E-state index contributed by atoms with van der Waals surface area (Å²) in [6.07, 6.45) is 4.19. The van der Waals surface area contributed by atoms with Gasteiger partial charge >= 0.3 is 0 Å². The van der Waals surface area contributed by atoms with E-state index in [9.17, 15) is 9.59 Å². The molecule has 0 aliphatic carbocycles. The summed E-state index contributed by atoms with van der Waals surface area (Å²) in [6, 6.07) is 15.4. The zero-order valence-corrected chi connectivity index (χ0v) is 17.1. The molecule has 0 spiro atoms. The first-order valence-corrected chi connectivity index (χ1v) is 10.5. The van der Waals surface area contributed by atoms with Crippen LogP contribution in [-0.4, -0.2) is 43.7 Å². The van der Waals surface area contributed by atoms with Gasteiger partial charge in [0.25, 0.3) is 5.91 Å². The lowest BCUT2D eigenvalue weighted by atomic mass is 9.88. The number of para-hydroxylation sites is 1. The van der Waals surface area contributed by atoms with Crippen LogP contribution < -0.4 is 9.80 Å². The van der Waals surface area contributed by atoms with Gasteiger partial charge in [0.05, 0.1) is 31.2 Å². The van der Waals surface area contributed by atoms with Gasteiger partial charge in [-0.1, -0.05) is 36.4 Å². The van der Waals surface area contributed by atoms with Gasteiger partial charge in [0.1, 0.15) is 6.04 Å². The maximum Gasteiger partial charge on any atom is 0.265 e. The first-order valence-electron chi connectivity index (χ1n) is 10.5. The second kappa shape index (κ2) is 8.29. The number of carbonyl (C=O) groups is 2. The molecule has 3 atom stereocenters. The summed E-state index contributed by atoms with van der Waals surface area (Å²) in [6.45, 7) is 7.18. The number of fused-ring (bicyclic) bond motifs is 1. The molecular formula is C24H28N3O2+. The summed E-state index contributed by atoms with van der Waals surface area (Å²) in [5.41, 5.74) is 2.88. The number of rotatable bonds is 5. The molecule has 2 aromatic carbocycles. The zero-order valence-electron chi connectivity index (χ0n) is 17.1. The first-order chi connectivity index (χ1) is 14.1. The highest BCUT2D eigenvalue weighted by molar-refractivity contribution is 6.29. The molecule has 2 heterocycles. The monoisotopic (exact) mass is 390 g/mol. The number of quaternary nitrogens is 1. The molecule has 2 aliphatic rings. The molecule has 0 radical (unpaired) electrons. The number of aryl methyl sites for hydroxylation is 1. The van der Waals surface area contributed by atoms with Crippen LogP contribution in [0.15, 0.2) is 53.5 Å². The van der Waals surface area contributed by atoms with Crippen LogP contribution in [0, 0.1) is 6.92 Å². The molecule has 1 saturated heterocycles. The van der Waals surface area contributed by atoms with Crippen LogP contribution in [-0.2, 0) is 4.79 Å². The molecule has 5 heteroatoms. The molecule has 2 amide bonds. The van der Waals surface area contributed by atoms with Gasteiger partial charge in [0.15, 0.2) is 0 Å². The lowest BCUT2D eigenvalue weighted by Crippen LogP contribution is -3.13. The van der Waals surface area contributed by atoms with Gasteiger partial charge in [-0.3, -0.25) is 14.6 Å². The Morgan fingerprint density at radius 3 is 2.69 bits per heavy atom. The highest BCUT2D eigenvalue weighted by atomic mass is 16.2. The van der Waals surface area contributed by atoms with Gasteiger partial charge in [-0.05, 0) is 37.1 Å². The summed E-state index contributed by atoms with van der Waals surface area (Å²) in [5, 5.41) is 0. The van der Waals surface area contributed by atoms with E-state index in [1.54, 1.807) is 17.2 Å². The van der Waals surface area contributed by atoms with Gasteiger partial charge in [0, 0.05) is 24.6 Å². The van der Waals surface area contributed by atoms with Crippen molar-refractivity contribution in [1.29, 1.82) is 0 Å². The SMILES string of the molecule is CC[NH+]1CCC[C@@H]1CN=CC1C(=O)N(c2ccccc2C)C(=O)c2ccccc21. The van der Waals surface area contributed by atoms with E-state index in [4.69, 9.17) is 4.99 Å². The minimum Gasteiger partial charge on any atom is -0.331 e. The van der Waals surface area contributed by atoms with Crippen LogP contribution in [0.3, 0.4) is 0 Å². The Morgan fingerprint density at radius 2 is 1.90 bits per heavy atom. The van der Waals surface area contributed by atoms with Crippen LogP contribution >= 0.6 is 0 Å². The zero-order chi connectivity index (χ0) is 20.4. The van der Waals surface area contributed by atoms with Crippen molar-refractivity contribution < 1.29 is 14.5 Å². The van der Waals surface area contributed by atoms with Crippen LogP contribution in [0.2, 0.25) is 0 Å². The summed E-state index contributed by atoms with van der Waals surface area (Å²) >= 11 is 0. The minimum absolute atomic E-state index is 0.224. The lowest BCUT2D eigenvalue weighted by Gasteiger charge is -2.31. The van der Waals surface area contributed by atoms with Gasteiger partial charge in [0.2, 0.25) is 5.91 Å². The molecule has 2 aliphatic heterocycles. The Morgan fingerprint density at radius 1 is 1.14 bits per heavy atom.